The Balaban J connectivity index is 2.83. The molecule has 0 saturated carbocycles. The summed E-state index contributed by atoms with van der Waals surface area (Å²) in [4.78, 5) is 21.8. The Labute approximate surface area is 92.8 Å². The van der Waals surface area contributed by atoms with Crippen molar-refractivity contribution < 1.29 is 9.90 Å². The van der Waals surface area contributed by atoms with Gasteiger partial charge < -0.3 is 10.4 Å². The number of carbonyl (C=O) groups excluding carboxylic acids is 1. The molecule has 0 aromatic heterocycles. The molecule has 0 aliphatic heterocycles. The molecule has 0 saturated heterocycles. The zero-order valence-corrected chi connectivity index (χ0v) is 9.02. The predicted octanol–water partition coefficient (Wildman–Crippen LogP) is 2.49. The molecule has 1 aromatic rings. The van der Waals surface area contributed by atoms with Crippen LogP contribution in [0.25, 0.3) is 0 Å². The zero-order valence-electron chi connectivity index (χ0n) is 9.02. The molecule has 0 spiro atoms. The van der Waals surface area contributed by atoms with Crippen LogP contribution in [0, 0.1) is 11.8 Å². The van der Waals surface area contributed by atoms with Crippen molar-refractivity contribution in [1.29, 1.82) is 0 Å². The SMILES string of the molecule is CC(O)=C(N=O)C(=O)Nc1ccc(C)cc1. The number of rotatable bonds is 3. The van der Waals surface area contributed by atoms with Gasteiger partial charge in [-0.25, -0.2) is 0 Å². The Morgan fingerprint density at radius 2 is 1.88 bits per heavy atom. The molecule has 2 N–H and O–H groups in total. The van der Waals surface area contributed by atoms with E-state index < -0.39 is 17.4 Å². The number of anilines is 1. The molecule has 1 aromatic carbocycles. The molecule has 84 valence electrons. The van der Waals surface area contributed by atoms with E-state index >= 15 is 0 Å². The number of carbonyl (C=O) groups is 1. The molecule has 0 heterocycles. The number of aliphatic hydroxyl groups is 1. The summed E-state index contributed by atoms with van der Waals surface area (Å²) in [5.41, 5.74) is 1.08. The molecule has 1 rings (SSSR count). The molecule has 0 radical (unpaired) electrons. The quantitative estimate of drug-likeness (QED) is 0.466. The lowest BCUT2D eigenvalue weighted by molar-refractivity contribution is -0.113. The number of allylic oxidation sites excluding steroid dienone is 1. The minimum atomic E-state index is -0.723. The second-order valence-corrected chi connectivity index (χ2v) is 3.35. The third-order valence-electron chi connectivity index (χ3n) is 1.96. The Bertz CT molecular complexity index is 431. The van der Waals surface area contributed by atoms with E-state index in [1.165, 1.54) is 6.92 Å². The van der Waals surface area contributed by atoms with Crippen LogP contribution in [0.5, 0.6) is 0 Å². The fourth-order valence-corrected chi connectivity index (χ4v) is 1.10. The summed E-state index contributed by atoms with van der Waals surface area (Å²) >= 11 is 0. The van der Waals surface area contributed by atoms with Crippen LogP contribution in [0.3, 0.4) is 0 Å². The van der Waals surface area contributed by atoms with E-state index in [4.69, 9.17) is 5.11 Å². The van der Waals surface area contributed by atoms with Gasteiger partial charge >= 0.3 is 0 Å². The van der Waals surface area contributed by atoms with E-state index in [-0.39, 0.29) is 0 Å². The highest BCUT2D eigenvalue weighted by Crippen LogP contribution is 2.11. The van der Waals surface area contributed by atoms with Crippen LogP contribution in [0.1, 0.15) is 12.5 Å². The van der Waals surface area contributed by atoms with Crippen molar-refractivity contribution in [3.05, 3.63) is 46.2 Å². The van der Waals surface area contributed by atoms with Gasteiger partial charge in [-0.05, 0) is 31.2 Å². The maximum atomic E-state index is 11.4. The maximum absolute atomic E-state index is 11.4. The molecule has 0 atom stereocenters. The van der Waals surface area contributed by atoms with Gasteiger partial charge in [0, 0.05) is 5.69 Å². The number of amides is 1. The van der Waals surface area contributed by atoms with Gasteiger partial charge in [-0.15, -0.1) is 4.91 Å². The van der Waals surface area contributed by atoms with Gasteiger partial charge in [0.25, 0.3) is 5.91 Å². The highest BCUT2D eigenvalue weighted by atomic mass is 16.3. The van der Waals surface area contributed by atoms with E-state index in [0.717, 1.165) is 5.56 Å². The van der Waals surface area contributed by atoms with Crippen LogP contribution in [0.4, 0.5) is 5.69 Å². The number of benzene rings is 1. The fraction of sp³-hybridized carbons (Fsp3) is 0.182. The van der Waals surface area contributed by atoms with Crippen molar-refractivity contribution in [3.63, 3.8) is 0 Å². The number of hydrogen-bond acceptors (Lipinski definition) is 4. The summed E-state index contributed by atoms with van der Waals surface area (Å²) < 4.78 is 0. The van der Waals surface area contributed by atoms with Crippen LogP contribution in [-0.4, -0.2) is 11.0 Å². The first-order valence-corrected chi connectivity index (χ1v) is 4.66. The van der Waals surface area contributed by atoms with Crippen molar-refractivity contribution in [3.8, 4) is 0 Å². The number of nitrogens with one attached hydrogen (secondary N) is 1. The highest BCUT2D eigenvalue weighted by Gasteiger charge is 2.13. The number of hydrogen-bond donors (Lipinski definition) is 2. The zero-order chi connectivity index (χ0) is 12.1. The molecule has 5 nitrogen and oxygen atoms in total. The van der Waals surface area contributed by atoms with Crippen LogP contribution >= 0.6 is 0 Å². The van der Waals surface area contributed by atoms with E-state index in [9.17, 15) is 9.70 Å². The molecule has 1 amide bonds. The molecule has 0 aliphatic rings. The third-order valence-corrected chi connectivity index (χ3v) is 1.96. The number of aliphatic hydroxyl groups excluding tert-OH is 1. The largest absolute Gasteiger partial charge is 0.510 e. The monoisotopic (exact) mass is 220 g/mol. The summed E-state index contributed by atoms with van der Waals surface area (Å²) in [6.07, 6.45) is 0. The lowest BCUT2D eigenvalue weighted by atomic mass is 10.2. The molecular weight excluding hydrogens is 208 g/mol. The van der Waals surface area contributed by atoms with Crippen molar-refractivity contribution >= 4 is 11.6 Å². The minimum absolute atomic E-state index is 0.403. The Hall–Kier alpha value is -2.17. The van der Waals surface area contributed by atoms with Gasteiger partial charge in [0.1, 0.15) is 5.76 Å². The number of nitroso groups, excluding NO2 is 1. The third kappa shape index (κ3) is 2.91. The van der Waals surface area contributed by atoms with Crippen LogP contribution in [0.2, 0.25) is 0 Å². The predicted molar refractivity (Wildman–Crippen MR) is 60.9 cm³/mol. The van der Waals surface area contributed by atoms with Crippen LogP contribution in [0.15, 0.2) is 40.9 Å². The maximum Gasteiger partial charge on any atom is 0.281 e. The second-order valence-electron chi connectivity index (χ2n) is 3.35. The summed E-state index contributed by atoms with van der Waals surface area (Å²) in [6, 6.07) is 7.03. The summed E-state index contributed by atoms with van der Waals surface area (Å²) in [5.74, 6) is -1.13. The van der Waals surface area contributed by atoms with Crippen molar-refractivity contribution in [1.82, 2.24) is 0 Å². The van der Waals surface area contributed by atoms with Gasteiger partial charge in [-0.1, -0.05) is 17.7 Å². The first-order chi connectivity index (χ1) is 7.54. The molecule has 5 heteroatoms. The molecule has 0 unspecified atom stereocenters. The van der Waals surface area contributed by atoms with Crippen molar-refractivity contribution in [2.75, 3.05) is 5.32 Å². The van der Waals surface area contributed by atoms with E-state index in [1.807, 2.05) is 19.1 Å². The van der Waals surface area contributed by atoms with Crippen LogP contribution in [-0.2, 0) is 4.79 Å². The van der Waals surface area contributed by atoms with Gasteiger partial charge in [0.2, 0.25) is 5.70 Å². The average Bonchev–Trinajstić information content (AvgIpc) is 2.22. The van der Waals surface area contributed by atoms with E-state index in [1.54, 1.807) is 12.1 Å². The fourth-order valence-electron chi connectivity index (χ4n) is 1.10. The molecular formula is C11H12N2O3. The summed E-state index contributed by atoms with van der Waals surface area (Å²) in [5, 5.41) is 13.9. The second kappa shape index (κ2) is 5.06. The Morgan fingerprint density at radius 1 is 1.31 bits per heavy atom. The smallest absolute Gasteiger partial charge is 0.281 e. The normalized spacial score (nSPS) is 11.6. The number of nitrogens with zero attached hydrogens (tertiary/aromatic N) is 1. The van der Waals surface area contributed by atoms with Gasteiger partial charge in [0.15, 0.2) is 0 Å². The first-order valence-electron chi connectivity index (χ1n) is 4.66. The van der Waals surface area contributed by atoms with Crippen LogP contribution < -0.4 is 5.32 Å². The minimum Gasteiger partial charge on any atom is -0.510 e. The highest BCUT2D eigenvalue weighted by molar-refractivity contribution is 6.03. The van der Waals surface area contributed by atoms with Crippen molar-refractivity contribution in [2.45, 2.75) is 13.8 Å². The van der Waals surface area contributed by atoms with Gasteiger partial charge in [-0.2, -0.15) is 0 Å². The Kier molecular flexibility index (Phi) is 3.77. The molecule has 16 heavy (non-hydrogen) atoms. The first kappa shape index (κ1) is 11.9. The topological polar surface area (TPSA) is 78.8 Å². The molecule has 0 bridgehead atoms. The van der Waals surface area contributed by atoms with E-state index in [0.29, 0.717) is 5.69 Å². The lowest BCUT2D eigenvalue weighted by Gasteiger charge is -2.04. The van der Waals surface area contributed by atoms with Crippen molar-refractivity contribution in [2.24, 2.45) is 5.18 Å². The van der Waals surface area contributed by atoms with Gasteiger partial charge in [-0.3, -0.25) is 4.79 Å². The summed E-state index contributed by atoms with van der Waals surface area (Å²) in [6.45, 7) is 3.15. The van der Waals surface area contributed by atoms with Gasteiger partial charge in [0.05, 0.1) is 0 Å². The van der Waals surface area contributed by atoms with E-state index in [2.05, 4.69) is 10.5 Å². The Morgan fingerprint density at radius 3 is 2.31 bits per heavy atom. The molecule has 0 aliphatic carbocycles. The lowest BCUT2D eigenvalue weighted by Crippen LogP contribution is -2.14. The standard InChI is InChI=1S/C11H12N2O3/c1-7-3-5-9(6-4-7)12-11(15)10(13-16)8(2)14/h3-6,14H,1-2H3,(H,12,15). The molecule has 0 fully saturated rings. The summed E-state index contributed by atoms with van der Waals surface area (Å²) in [7, 11) is 0. The average molecular weight is 220 g/mol. The number of aryl methyl sites for hydroxylation is 1.